The number of ether oxygens (including phenoxy) is 1. The Hall–Kier alpha value is -2.53. The standard InChI is InChI=1S/C18H14BrN3O/c1-23-18-10-16(22-17(18)9-13-3-2-6-20-13)15-8-11-7-12(19)4-5-14(11)21-15/h2-10,20,22H,1H3/b16-15+,17-9-. The van der Waals surface area contributed by atoms with Crippen LogP contribution in [-0.2, 0) is 0 Å². The zero-order valence-corrected chi connectivity index (χ0v) is 14.0. The summed E-state index contributed by atoms with van der Waals surface area (Å²) >= 11 is 3.49. The minimum absolute atomic E-state index is 0.794. The van der Waals surface area contributed by atoms with Gasteiger partial charge >= 0.3 is 0 Å². The number of hydrogen-bond donors (Lipinski definition) is 2. The van der Waals surface area contributed by atoms with Crippen LogP contribution in [0.1, 0.15) is 5.69 Å². The SMILES string of the molecule is COc1c/c(=C2/C=c3cc(Br)ccc3=N2)[nH]/c1=C\c1ccc[nH]1. The molecule has 0 aliphatic carbocycles. The van der Waals surface area contributed by atoms with E-state index in [0.717, 1.165) is 42.9 Å². The maximum atomic E-state index is 5.48. The van der Waals surface area contributed by atoms with E-state index in [1.54, 1.807) is 7.11 Å². The number of aromatic nitrogens is 2. The van der Waals surface area contributed by atoms with Gasteiger partial charge in [-0.05, 0) is 42.5 Å². The van der Waals surface area contributed by atoms with Crippen molar-refractivity contribution in [3.63, 3.8) is 0 Å². The summed E-state index contributed by atoms with van der Waals surface area (Å²) in [5, 5.41) is 3.94. The lowest BCUT2D eigenvalue weighted by molar-refractivity contribution is 0.412. The minimum atomic E-state index is 0.794. The molecule has 1 aromatic carbocycles. The van der Waals surface area contributed by atoms with E-state index in [-0.39, 0.29) is 0 Å². The molecule has 2 aromatic heterocycles. The molecule has 2 N–H and O–H groups in total. The van der Waals surface area contributed by atoms with E-state index >= 15 is 0 Å². The lowest BCUT2D eigenvalue weighted by atomic mass is 10.3. The second kappa shape index (κ2) is 5.59. The van der Waals surface area contributed by atoms with Crippen molar-refractivity contribution in [2.75, 3.05) is 7.11 Å². The zero-order valence-electron chi connectivity index (χ0n) is 12.4. The highest BCUT2D eigenvalue weighted by molar-refractivity contribution is 9.10. The van der Waals surface area contributed by atoms with E-state index in [2.05, 4.69) is 43.0 Å². The van der Waals surface area contributed by atoms with Crippen molar-refractivity contribution in [3.8, 4) is 5.75 Å². The third kappa shape index (κ3) is 2.64. The average Bonchev–Trinajstić information content (AvgIpc) is 3.25. The summed E-state index contributed by atoms with van der Waals surface area (Å²) in [6.45, 7) is 0. The Morgan fingerprint density at radius 1 is 1.22 bits per heavy atom. The van der Waals surface area contributed by atoms with Gasteiger partial charge in [0.05, 0.1) is 28.9 Å². The fourth-order valence-electron chi connectivity index (χ4n) is 2.65. The largest absolute Gasteiger partial charge is 0.494 e. The van der Waals surface area contributed by atoms with E-state index in [9.17, 15) is 0 Å². The maximum Gasteiger partial charge on any atom is 0.144 e. The molecule has 23 heavy (non-hydrogen) atoms. The van der Waals surface area contributed by atoms with E-state index in [4.69, 9.17) is 4.74 Å². The molecule has 1 aliphatic heterocycles. The highest BCUT2D eigenvalue weighted by atomic mass is 79.9. The lowest BCUT2D eigenvalue weighted by Gasteiger charge is -1.92. The molecule has 4 nitrogen and oxygen atoms in total. The van der Waals surface area contributed by atoms with Crippen LogP contribution in [-0.4, -0.2) is 17.1 Å². The average molecular weight is 368 g/mol. The van der Waals surface area contributed by atoms with E-state index in [1.807, 2.05) is 42.6 Å². The molecule has 114 valence electrons. The Bertz CT molecular complexity index is 1110. The van der Waals surface area contributed by atoms with Crippen LogP contribution in [0.2, 0.25) is 0 Å². The molecule has 0 spiro atoms. The third-order valence-corrected chi connectivity index (χ3v) is 4.24. The number of nitrogens with one attached hydrogen (secondary N) is 2. The van der Waals surface area contributed by atoms with Crippen molar-refractivity contribution in [2.24, 2.45) is 4.99 Å². The summed E-state index contributed by atoms with van der Waals surface area (Å²) in [7, 11) is 1.67. The van der Waals surface area contributed by atoms with Gasteiger partial charge in [0.2, 0.25) is 0 Å². The maximum absolute atomic E-state index is 5.48. The number of aromatic amines is 2. The van der Waals surface area contributed by atoms with Gasteiger partial charge in [-0.2, -0.15) is 0 Å². The van der Waals surface area contributed by atoms with E-state index in [1.165, 1.54) is 0 Å². The first-order chi connectivity index (χ1) is 11.2. The van der Waals surface area contributed by atoms with Crippen LogP contribution in [0.4, 0.5) is 0 Å². The molecule has 4 rings (SSSR count). The van der Waals surface area contributed by atoms with Crippen LogP contribution in [0.25, 0.3) is 17.8 Å². The second-order valence-electron chi connectivity index (χ2n) is 5.28. The topological polar surface area (TPSA) is 53.2 Å². The number of hydrogen-bond acceptors (Lipinski definition) is 2. The third-order valence-electron chi connectivity index (χ3n) is 3.75. The van der Waals surface area contributed by atoms with Crippen LogP contribution >= 0.6 is 15.9 Å². The summed E-state index contributed by atoms with van der Waals surface area (Å²) in [4.78, 5) is 11.2. The van der Waals surface area contributed by atoms with Crippen LogP contribution in [0.3, 0.4) is 0 Å². The Morgan fingerprint density at radius 2 is 2.13 bits per heavy atom. The first-order valence-corrected chi connectivity index (χ1v) is 8.01. The van der Waals surface area contributed by atoms with E-state index < -0.39 is 0 Å². The normalized spacial score (nSPS) is 16.0. The summed E-state index contributed by atoms with van der Waals surface area (Å²) in [6.07, 6.45) is 5.98. The first kappa shape index (κ1) is 14.1. The monoisotopic (exact) mass is 367 g/mol. The van der Waals surface area contributed by atoms with Gasteiger partial charge in [-0.25, -0.2) is 4.99 Å². The minimum Gasteiger partial charge on any atom is -0.494 e. The number of nitrogens with zero attached hydrogens (tertiary/aromatic N) is 1. The van der Waals surface area contributed by atoms with Crippen LogP contribution < -0.4 is 26.0 Å². The summed E-state index contributed by atoms with van der Waals surface area (Å²) in [5.74, 6) is 0.794. The Kier molecular flexibility index (Phi) is 3.42. The van der Waals surface area contributed by atoms with E-state index in [0.29, 0.717) is 0 Å². The van der Waals surface area contributed by atoms with Crippen molar-refractivity contribution in [2.45, 2.75) is 0 Å². The van der Waals surface area contributed by atoms with Crippen molar-refractivity contribution in [1.29, 1.82) is 0 Å². The first-order valence-electron chi connectivity index (χ1n) is 7.21. The molecule has 5 heteroatoms. The molecule has 1 aliphatic rings. The quantitative estimate of drug-likeness (QED) is 0.701. The van der Waals surface area contributed by atoms with Gasteiger partial charge in [-0.15, -0.1) is 0 Å². The molecule has 0 bridgehead atoms. The van der Waals surface area contributed by atoms with Crippen LogP contribution in [0, 0.1) is 0 Å². The summed E-state index contributed by atoms with van der Waals surface area (Å²) < 4.78 is 6.53. The number of H-pyrrole nitrogens is 2. The van der Waals surface area contributed by atoms with Gasteiger partial charge in [0.25, 0.3) is 0 Å². The molecule has 0 radical (unpaired) electrons. The molecule has 0 fully saturated rings. The molecule has 3 aromatic rings. The molecular weight excluding hydrogens is 354 g/mol. The molecule has 0 saturated heterocycles. The molecule has 0 unspecified atom stereocenters. The second-order valence-corrected chi connectivity index (χ2v) is 6.20. The molecule has 0 atom stereocenters. The summed E-state index contributed by atoms with van der Waals surface area (Å²) in [5.41, 5.74) is 1.92. The fraction of sp³-hybridized carbons (Fsp3) is 0.0556. The highest BCUT2D eigenvalue weighted by Crippen LogP contribution is 2.07. The number of benzene rings is 1. The van der Waals surface area contributed by atoms with Crippen LogP contribution in [0.5, 0.6) is 5.75 Å². The van der Waals surface area contributed by atoms with Gasteiger partial charge in [-0.1, -0.05) is 15.9 Å². The number of rotatable bonds is 2. The Morgan fingerprint density at radius 3 is 2.91 bits per heavy atom. The predicted molar refractivity (Wildman–Crippen MR) is 93.8 cm³/mol. The van der Waals surface area contributed by atoms with Gasteiger partial charge < -0.3 is 14.7 Å². The predicted octanol–water partition coefficient (Wildman–Crippen LogP) is 1.16. The number of methoxy groups -OCH3 is 1. The molecule has 0 saturated carbocycles. The fourth-order valence-corrected chi connectivity index (χ4v) is 3.02. The Balaban J connectivity index is 1.93. The van der Waals surface area contributed by atoms with Crippen molar-refractivity contribution in [3.05, 3.63) is 74.0 Å². The van der Waals surface area contributed by atoms with Gasteiger partial charge in [-0.3, -0.25) is 0 Å². The van der Waals surface area contributed by atoms with Gasteiger partial charge in [0.15, 0.2) is 0 Å². The smallest absolute Gasteiger partial charge is 0.144 e. The number of halogens is 1. The van der Waals surface area contributed by atoms with Crippen molar-refractivity contribution in [1.82, 2.24) is 9.97 Å². The van der Waals surface area contributed by atoms with Gasteiger partial charge in [0, 0.05) is 27.6 Å². The molecule has 0 amide bonds. The highest BCUT2D eigenvalue weighted by Gasteiger charge is 2.06. The zero-order chi connectivity index (χ0) is 15.8. The number of fused-ring (bicyclic) bond motifs is 1. The Labute approximate surface area is 140 Å². The van der Waals surface area contributed by atoms with Gasteiger partial charge in [0.1, 0.15) is 5.75 Å². The lowest BCUT2D eigenvalue weighted by Crippen LogP contribution is -2.20. The van der Waals surface area contributed by atoms with Crippen LogP contribution in [0.15, 0.2) is 52.1 Å². The summed E-state index contributed by atoms with van der Waals surface area (Å²) in [6, 6.07) is 12.0. The molecule has 3 heterocycles. The van der Waals surface area contributed by atoms with Crippen molar-refractivity contribution >= 4 is 33.8 Å². The molecular formula is C18H14BrN3O. The van der Waals surface area contributed by atoms with Crippen molar-refractivity contribution < 1.29 is 4.74 Å².